The van der Waals surface area contributed by atoms with Crippen molar-refractivity contribution in [1.29, 1.82) is 0 Å². The third kappa shape index (κ3) is 2.36. The average Bonchev–Trinajstić information content (AvgIpc) is 2.76. The summed E-state index contributed by atoms with van der Waals surface area (Å²) in [6.45, 7) is 2.43. The van der Waals surface area contributed by atoms with Crippen LogP contribution < -0.4 is 5.32 Å². The Morgan fingerprint density at radius 3 is 2.88 bits per heavy atom. The summed E-state index contributed by atoms with van der Waals surface area (Å²) in [5.74, 6) is 0.861. The van der Waals surface area contributed by atoms with Crippen molar-refractivity contribution in [2.24, 2.45) is 5.41 Å². The van der Waals surface area contributed by atoms with Crippen LogP contribution >= 0.6 is 0 Å². The van der Waals surface area contributed by atoms with Gasteiger partial charge in [-0.05, 0) is 31.9 Å². The highest BCUT2D eigenvalue weighted by Gasteiger charge is 2.44. The summed E-state index contributed by atoms with van der Waals surface area (Å²) in [6.07, 6.45) is 4.55. The Hall–Kier alpha value is -1.29. The van der Waals surface area contributed by atoms with Gasteiger partial charge in [0.05, 0.1) is 24.3 Å². The van der Waals surface area contributed by atoms with Crippen LogP contribution in [-0.4, -0.2) is 19.6 Å². The van der Waals surface area contributed by atoms with Crippen LogP contribution in [0.4, 0.5) is 0 Å². The predicted octanol–water partition coefficient (Wildman–Crippen LogP) is 2.27. The second-order valence-corrected chi connectivity index (χ2v) is 4.78. The zero-order valence-electron chi connectivity index (χ0n) is 10.4. The van der Waals surface area contributed by atoms with Gasteiger partial charge in [-0.2, -0.15) is 0 Å². The van der Waals surface area contributed by atoms with Crippen LogP contribution in [0.2, 0.25) is 0 Å². The van der Waals surface area contributed by atoms with E-state index in [9.17, 15) is 4.79 Å². The van der Waals surface area contributed by atoms with E-state index < -0.39 is 0 Å². The van der Waals surface area contributed by atoms with E-state index in [1.165, 1.54) is 0 Å². The van der Waals surface area contributed by atoms with Gasteiger partial charge >= 0.3 is 0 Å². The highest BCUT2D eigenvalue weighted by molar-refractivity contribution is 5.84. The minimum absolute atomic E-state index is 0.0782. The van der Waals surface area contributed by atoms with Gasteiger partial charge in [0.25, 0.3) is 0 Å². The summed E-state index contributed by atoms with van der Waals surface area (Å²) in [5.41, 5.74) is -0.310. The largest absolute Gasteiger partial charge is 0.467 e. The molecule has 1 unspecified atom stereocenters. The van der Waals surface area contributed by atoms with Crippen molar-refractivity contribution in [2.75, 3.05) is 13.7 Å². The summed E-state index contributed by atoms with van der Waals surface area (Å²) < 4.78 is 10.4. The second-order valence-electron chi connectivity index (χ2n) is 4.78. The molecule has 0 radical (unpaired) electrons. The highest BCUT2D eigenvalue weighted by atomic mass is 16.5. The standard InChI is InChI=1S/C13H19NO3/c1-10(11-5-3-8-17-11)14-12(15)13(9-16-2)6-4-7-13/h3,5,8,10H,4,6-7,9H2,1-2H3,(H,14,15). The fraction of sp³-hybridized carbons (Fsp3) is 0.615. The van der Waals surface area contributed by atoms with Crippen molar-refractivity contribution in [3.8, 4) is 0 Å². The quantitative estimate of drug-likeness (QED) is 0.854. The van der Waals surface area contributed by atoms with Crippen molar-refractivity contribution in [1.82, 2.24) is 5.32 Å². The number of methoxy groups -OCH3 is 1. The first-order valence-corrected chi connectivity index (χ1v) is 6.01. The molecule has 1 aromatic heterocycles. The molecule has 1 aliphatic carbocycles. The van der Waals surface area contributed by atoms with Crippen LogP contribution in [0, 0.1) is 5.41 Å². The zero-order valence-corrected chi connectivity index (χ0v) is 10.4. The van der Waals surface area contributed by atoms with Crippen LogP contribution in [-0.2, 0) is 9.53 Å². The molecule has 1 amide bonds. The number of hydrogen-bond donors (Lipinski definition) is 1. The zero-order chi connectivity index (χ0) is 12.3. The molecule has 0 spiro atoms. The van der Waals surface area contributed by atoms with Crippen molar-refractivity contribution in [2.45, 2.75) is 32.2 Å². The molecule has 94 valence electrons. The molecule has 0 saturated heterocycles. The fourth-order valence-corrected chi connectivity index (χ4v) is 2.28. The first kappa shape index (κ1) is 12.2. The Bertz CT molecular complexity index is 368. The van der Waals surface area contributed by atoms with Crippen LogP contribution in [0.25, 0.3) is 0 Å². The number of carbonyl (C=O) groups is 1. The van der Waals surface area contributed by atoms with Crippen molar-refractivity contribution in [3.05, 3.63) is 24.2 Å². The third-order valence-electron chi connectivity index (χ3n) is 3.53. The molecule has 2 rings (SSSR count). The SMILES string of the molecule is COCC1(C(=O)NC(C)c2ccco2)CCC1. The van der Waals surface area contributed by atoms with Gasteiger partial charge in [-0.25, -0.2) is 0 Å². The van der Waals surface area contributed by atoms with Crippen molar-refractivity contribution >= 4 is 5.91 Å². The molecule has 0 aromatic carbocycles. The number of hydrogen-bond acceptors (Lipinski definition) is 3. The maximum atomic E-state index is 12.2. The number of carbonyl (C=O) groups excluding carboxylic acids is 1. The molecular weight excluding hydrogens is 218 g/mol. The number of furan rings is 1. The molecule has 0 aliphatic heterocycles. The summed E-state index contributed by atoms with van der Waals surface area (Å²) in [4.78, 5) is 12.2. The lowest BCUT2D eigenvalue weighted by atomic mass is 9.68. The van der Waals surface area contributed by atoms with Crippen LogP contribution in [0.1, 0.15) is 38.0 Å². The minimum Gasteiger partial charge on any atom is -0.467 e. The fourth-order valence-electron chi connectivity index (χ4n) is 2.28. The number of nitrogens with one attached hydrogen (secondary N) is 1. The van der Waals surface area contributed by atoms with E-state index in [1.54, 1.807) is 13.4 Å². The molecule has 1 saturated carbocycles. The molecular formula is C13H19NO3. The maximum Gasteiger partial charge on any atom is 0.229 e. The van der Waals surface area contributed by atoms with Gasteiger partial charge in [-0.15, -0.1) is 0 Å². The topological polar surface area (TPSA) is 51.5 Å². The molecule has 1 fully saturated rings. The maximum absolute atomic E-state index is 12.2. The Balaban J connectivity index is 1.96. The summed E-state index contributed by atoms with van der Waals surface area (Å²) in [7, 11) is 1.64. The minimum atomic E-state index is -0.310. The van der Waals surface area contributed by atoms with Gasteiger partial charge in [0, 0.05) is 7.11 Å². The van der Waals surface area contributed by atoms with E-state index in [0.717, 1.165) is 25.0 Å². The van der Waals surface area contributed by atoms with E-state index in [0.29, 0.717) is 6.61 Å². The smallest absolute Gasteiger partial charge is 0.229 e. The van der Waals surface area contributed by atoms with E-state index in [2.05, 4.69) is 5.32 Å². The number of rotatable bonds is 5. The van der Waals surface area contributed by atoms with Gasteiger partial charge in [0.15, 0.2) is 0 Å². The van der Waals surface area contributed by atoms with E-state index in [-0.39, 0.29) is 17.4 Å². The molecule has 17 heavy (non-hydrogen) atoms. The molecule has 4 nitrogen and oxygen atoms in total. The molecule has 0 bridgehead atoms. The summed E-state index contributed by atoms with van der Waals surface area (Å²) in [5, 5.41) is 3.00. The van der Waals surface area contributed by atoms with Crippen LogP contribution in [0.15, 0.2) is 22.8 Å². The normalized spacial score (nSPS) is 19.4. The summed E-state index contributed by atoms with van der Waals surface area (Å²) in [6, 6.07) is 3.60. The molecule has 1 heterocycles. The lowest BCUT2D eigenvalue weighted by Crippen LogP contribution is -2.49. The Kier molecular flexibility index (Phi) is 3.52. The lowest BCUT2D eigenvalue weighted by Gasteiger charge is -2.40. The first-order chi connectivity index (χ1) is 8.18. The molecule has 1 aromatic rings. The van der Waals surface area contributed by atoms with Gasteiger partial charge in [-0.3, -0.25) is 4.79 Å². The van der Waals surface area contributed by atoms with E-state index >= 15 is 0 Å². The van der Waals surface area contributed by atoms with Crippen LogP contribution in [0.5, 0.6) is 0 Å². The number of amides is 1. The van der Waals surface area contributed by atoms with Gasteiger partial charge in [-0.1, -0.05) is 6.42 Å². The third-order valence-corrected chi connectivity index (χ3v) is 3.53. The lowest BCUT2D eigenvalue weighted by molar-refractivity contribution is -0.141. The van der Waals surface area contributed by atoms with Crippen molar-refractivity contribution < 1.29 is 13.9 Å². The number of ether oxygens (including phenoxy) is 1. The first-order valence-electron chi connectivity index (χ1n) is 6.01. The average molecular weight is 237 g/mol. The molecule has 1 N–H and O–H groups in total. The Morgan fingerprint density at radius 2 is 2.41 bits per heavy atom. The van der Waals surface area contributed by atoms with Crippen molar-refractivity contribution in [3.63, 3.8) is 0 Å². The Morgan fingerprint density at radius 1 is 1.65 bits per heavy atom. The van der Waals surface area contributed by atoms with Gasteiger partial charge < -0.3 is 14.5 Å². The predicted molar refractivity (Wildman–Crippen MR) is 63.4 cm³/mol. The molecule has 4 heteroatoms. The monoisotopic (exact) mass is 237 g/mol. The molecule has 1 atom stereocenters. The second kappa shape index (κ2) is 4.92. The summed E-state index contributed by atoms with van der Waals surface area (Å²) >= 11 is 0. The Labute approximate surface area is 101 Å². The van der Waals surface area contributed by atoms with Crippen LogP contribution in [0.3, 0.4) is 0 Å². The highest BCUT2D eigenvalue weighted by Crippen LogP contribution is 2.41. The van der Waals surface area contributed by atoms with E-state index in [1.807, 2.05) is 19.1 Å². The van der Waals surface area contributed by atoms with Gasteiger partial charge in [0.1, 0.15) is 5.76 Å². The van der Waals surface area contributed by atoms with Gasteiger partial charge in [0.2, 0.25) is 5.91 Å². The molecule has 1 aliphatic rings. The van der Waals surface area contributed by atoms with E-state index in [4.69, 9.17) is 9.15 Å².